The third-order valence-corrected chi connectivity index (χ3v) is 5.38. The smallest absolute Gasteiger partial charge is 0.199 e. The van der Waals surface area contributed by atoms with Gasteiger partial charge in [0.15, 0.2) is 0 Å². The van der Waals surface area contributed by atoms with Crippen molar-refractivity contribution in [1.82, 2.24) is 14.4 Å². The van der Waals surface area contributed by atoms with E-state index in [0.29, 0.717) is 11.3 Å². The fourth-order valence-corrected chi connectivity index (χ4v) is 3.52. The van der Waals surface area contributed by atoms with Crippen LogP contribution in [-0.4, -0.2) is 22.8 Å². The first kappa shape index (κ1) is 15.4. The summed E-state index contributed by atoms with van der Waals surface area (Å²) in [5, 5.41) is 16.4. The summed E-state index contributed by atoms with van der Waals surface area (Å²) in [4.78, 5) is 0.0417. The van der Waals surface area contributed by atoms with Gasteiger partial charge in [-0.15, -0.1) is 9.19 Å². The first-order chi connectivity index (χ1) is 11.0. The highest BCUT2D eigenvalue weighted by molar-refractivity contribution is 9.10. The van der Waals surface area contributed by atoms with Crippen molar-refractivity contribution in [3.8, 4) is 17.3 Å². The van der Waals surface area contributed by atoms with Crippen molar-refractivity contribution in [2.24, 2.45) is 0 Å². The van der Waals surface area contributed by atoms with Gasteiger partial charge >= 0.3 is 0 Å². The van der Waals surface area contributed by atoms with Crippen LogP contribution in [0.15, 0.2) is 64.1 Å². The summed E-state index contributed by atoms with van der Waals surface area (Å²) in [5.74, 6) is 0. The zero-order valence-corrected chi connectivity index (χ0v) is 14.0. The number of rotatable bonds is 3. The van der Waals surface area contributed by atoms with Gasteiger partial charge in [-0.3, -0.25) is 0 Å². The number of halogens is 1. The van der Waals surface area contributed by atoms with E-state index in [1.54, 1.807) is 0 Å². The lowest BCUT2D eigenvalue weighted by atomic mass is 10.2. The van der Waals surface area contributed by atoms with E-state index in [1.165, 1.54) is 30.5 Å². The zero-order valence-electron chi connectivity index (χ0n) is 11.6. The molecule has 0 fully saturated rings. The Balaban J connectivity index is 2.02. The lowest BCUT2D eigenvalue weighted by Crippen LogP contribution is -2.13. The number of nitriles is 1. The maximum atomic E-state index is 12.5. The van der Waals surface area contributed by atoms with Crippen LogP contribution in [0.25, 0.3) is 11.3 Å². The summed E-state index contributed by atoms with van der Waals surface area (Å²) in [5.41, 5.74) is 1.57. The highest BCUT2D eigenvalue weighted by Crippen LogP contribution is 2.26. The molecule has 0 aliphatic rings. The molecule has 0 aliphatic heterocycles. The van der Waals surface area contributed by atoms with Gasteiger partial charge < -0.3 is 0 Å². The molecule has 3 rings (SSSR count). The maximum Gasteiger partial charge on any atom is 0.284 e. The van der Waals surface area contributed by atoms with Crippen LogP contribution in [0.2, 0.25) is 0 Å². The average Bonchev–Trinajstić information content (AvgIpc) is 3.06. The lowest BCUT2D eigenvalue weighted by Gasteiger charge is -2.03. The third kappa shape index (κ3) is 2.88. The van der Waals surface area contributed by atoms with E-state index in [-0.39, 0.29) is 4.90 Å². The van der Waals surface area contributed by atoms with E-state index in [1.807, 2.05) is 30.3 Å². The summed E-state index contributed by atoms with van der Waals surface area (Å²) in [7, 11) is -3.85. The summed E-state index contributed by atoms with van der Waals surface area (Å²) in [6.07, 6.45) is 1.35. The first-order valence-corrected chi connectivity index (χ1v) is 8.68. The minimum atomic E-state index is -3.85. The summed E-state index contributed by atoms with van der Waals surface area (Å²) in [6.45, 7) is 0. The number of aromatic nitrogens is 3. The Morgan fingerprint density at radius 1 is 1.09 bits per heavy atom. The van der Waals surface area contributed by atoms with Crippen LogP contribution in [0.1, 0.15) is 5.56 Å². The fourth-order valence-electron chi connectivity index (χ4n) is 1.97. The van der Waals surface area contributed by atoms with Crippen molar-refractivity contribution >= 4 is 26.0 Å². The highest BCUT2D eigenvalue weighted by atomic mass is 79.9. The molecule has 0 amide bonds. The van der Waals surface area contributed by atoms with Crippen LogP contribution in [0, 0.1) is 11.3 Å². The average molecular weight is 389 g/mol. The molecular weight excluding hydrogens is 380 g/mol. The topological polar surface area (TPSA) is 88.6 Å². The molecular formula is C15H9BrN4O2S. The Kier molecular flexibility index (Phi) is 3.98. The van der Waals surface area contributed by atoms with Crippen molar-refractivity contribution in [2.75, 3.05) is 0 Å². The molecule has 6 nitrogen and oxygen atoms in total. The van der Waals surface area contributed by atoms with Gasteiger partial charge in [-0.05, 0) is 30.3 Å². The lowest BCUT2D eigenvalue weighted by molar-refractivity contribution is 0.577. The fraction of sp³-hybridized carbons (Fsp3) is 0. The van der Waals surface area contributed by atoms with Gasteiger partial charge in [0, 0.05) is 10.0 Å². The van der Waals surface area contributed by atoms with E-state index in [2.05, 4.69) is 26.2 Å². The predicted octanol–water partition coefficient (Wildman–Crippen LogP) is 2.82. The Morgan fingerprint density at radius 2 is 1.78 bits per heavy atom. The molecule has 0 atom stereocenters. The summed E-state index contributed by atoms with van der Waals surface area (Å²) < 4.78 is 26.7. The molecule has 0 radical (unpaired) electrons. The van der Waals surface area contributed by atoms with Crippen LogP contribution < -0.4 is 0 Å². The molecule has 23 heavy (non-hydrogen) atoms. The minimum Gasteiger partial charge on any atom is -0.199 e. The van der Waals surface area contributed by atoms with Crippen molar-refractivity contribution in [3.05, 3.63) is 64.8 Å². The molecule has 0 spiro atoms. The number of hydrogen-bond donors (Lipinski definition) is 0. The standard InChI is InChI=1S/C15H9BrN4O2S/c16-14-4-2-1-3-13(14)15-10-20(19-18-15)23(21,22)12-7-5-11(9-17)6-8-12/h1-8,10H. The Labute approximate surface area is 141 Å². The van der Waals surface area contributed by atoms with Gasteiger partial charge in [0.05, 0.1) is 22.7 Å². The Morgan fingerprint density at radius 3 is 2.43 bits per heavy atom. The third-order valence-electron chi connectivity index (χ3n) is 3.15. The van der Waals surface area contributed by atoms with Gasteiger partial charge in [0.1, 0.15) is 5.69 Å². The summed E-state index contributed by atoms with van der Waals surface area (Å²) >= 11 is 3.40. The largest absolute Gasteiger partial charge is 0.284 e. The van der Waals surface area contributed by atoms with Crippen molar-refractivity contribution < 1.29 is 8.42 Å². The SMILES string of the molecule is N#Cc1ccc(S(=O)(=O)n2cc(-c3ccccc3Br)nn2)cc1. The van der Waals surface area contributed by atoms with Crippen LogP contribution >= 0.6 is 15.9 Å². The second-order valence-electron chi connectivity index (χ2n) is 4.60. The van der Waals surface area contributed by atoms with Gasteiger partial charge in [-0.1, -0.05) is 39.3 Å². The van der Waals surface area contributed by atoms with Crippen molar-refractivity contribution in [3.63, 3.8) is 0 Å². The van der Waals surface area contributed by atoms with E-state index in [9.17, 15) is 8.42 Å². The normalized spacial score (nSPS) is 11.1. The molecule has 1 heterocycles. The van der Waals surface area contributed by atoms with Gasteiger partial charge in [0.2, 0.25) is 0 Å². The quantitative estimate of drug-likeness (QED) is 0.687. The first-order valence-electron chi connectivity index (χ1n) is 6.45. The number of hydrogen-bond acceptors (Lipinski definition) is 5. The van der Waals surface area contributed by atoms with Gasteiger partial charge in [-0.2, -0.15) is 13.7 Å². The second-order valence-corrected chi connectivity index (χ2v) is 7.25. The van der Waals surface area contributed by atoms with Crippen LogP contribution in [0.4, 0.5) is 0 Å². The molecule has 2 aromatic carbocycles. The second kappa shape index (κ2) is 5.95. The molecule has 0 bridgehead atoms. The highest BCUT2D eigenvalue weighted by Gasteiger charge is 2.20. The summed E-state index contributed by atoms with van der Waals surface area (Å²) in [6, 6.07) is 14.9. The van der Waals surface area contributed by atoms with E-state index in [4.69, 9.17) is 5.26 Å². The molecule has 0 aliphatic carbocycles. The van der Waals surface area contributed by atoms with Crippen LogP contribution in [-0.2, 0) is 10.0 Å². The Hall–Kier alpha value is -2.50. The van der Waals surface area contributed by atoms with Gasteiger partial charge in [-0.25, -0.2) is 0 Å². The molecule has 0 N–H and O–H groups in total. The molecule has 8 heteroatoms. The maximum absolute atomic E-state index is 12.5. The molecule has 114 valence electrons. The predicted molar refractivity (Wildman–Crippen MR) is 86.9 cm³/mol. The van der Waals surface area contributed by atoms with E-state index < -0.39 is 10.0 Å². The molecule has 0 saturated heterocycles. The monoisotopic (exact) mass is 388 g/mol. The number of benzene rings is 2. The van der Waals surface area contributed by atoms with E-state index in [0.717, 1.165) is 14.1 Å². The molecule has 3 aromatic rings. The molecule has 1 aromatic heterocycles. The van der Waals surface area contributed by atoms with Gasteiger partial charge in [0.25, 0.3) is 10.0 Å². The van der Waals surface area contributed by atoms with Crippen molar-refractivity contribution in [2.45, 2.75) is 4.90 Å². The number of nitrogens with zero attached hydrogens (tertiary/aromatic N) is 4. The zero-order chi connectivity index (χ0) is 16.4. The van der Waals surface area contributed by atoms with E-state index >= 15 is 0 Å². The van der Waals surface area contributed by atoms with Crippen LogP contribution in [0.3, 0.4) is 0 Å². The molecule has 0 unspecified atom stereocenters. The molecule has 0 saturated carbocycles. The van der Waals surface area contributed by atoms with Crippen LogP contribution in [0.5, 0.6) is 0 Å². The minimum absolute atomic E-state index is 0.0417. The van der Waals surface area contributed by atoms with Crippen molar-refractivity contribution in [1.29, 1.82) is 5.26 Å². The Bertz CT molecular complexity index is 1000.